The molecule has 0 aromatic heterocycles. The molecule has 0 saturated carbocycles. The van der Waals surface area contributed by atoms with Gasteiger partial charge in [0.1, 0.15) is 0 Å². The Hall–Kier alpha value is -1.43. The monoisotopic (exact) mass is 266 g/mol. The predicted molar refractivity (Wildman–Crippen MR) is 73.6 cm³/mol. The number of benzene rings is 1. The lowest BCUT2D eigenvalue weighted by Gasteiger charge is -2.16. The van der Waals surface area contributed by atoms with Gasteiger partial charge in [-0.3, -0.25) is 4.79 Å². The average Bonchev–Trinajstić information content (AvgIpc) is 2.46. The summed E-state index contributed by atoms with van der Waals surface area (Å²) < 4.78 is 9.96. The van der Waals surface area contributed by atoms with Crippen molar-refractivity contribution in [2.24, 2.45) is 5.73 Å². The largest absolute Gasteiger partial charge is 0.354 e. The number of nitrogens with two attached hydrogens (primary N) is 1. The van der Waals surface area contributed by atoms with E-state index >= 15 is 0 Å². The molecule has 0 bridgehead atoms. The molecule has 1 aromatic carbocycles. The summed E-state index contributed by atoms with van der Waals surface area (Å²) in [5, 5.41) is 2.71. The van der Waals surface area contributed by atoms with Gasteiger partial charge in [-0.15, -0.1) is 0 Å². The number of carbonyl (C=O) groups is 1. The Kier molecular flexibility index (Phi) is 7.10. The number of ether oxygens (including phenoxy) is 2. The topological polar surface area (TPSA) is 73.6 Å². The van der Waals surface area contributed by atoms with E-state index < -0.39 is 12.3 Å². The van der Waals surface area contributed by atoms with Crippen molar-refractivity contribution < 1.29 is 14.3 Å². The van der Waals surface area contributed by atoms with E-state index in [4.69, 9.17) is 15.2 Å². The molecule has 0 aliphatic heterocycles. The Morgan fingerprint density at radius 3 is 2.47 bits per heavy atom. The summed E-state index contributed by atoms with van der Waals surface area (Å²) in [4.78, 5) is 11.8. The highest BCUT2D eigenvalue weighted by molar-refractivity contribution is 5.81. The third kappa shape index (κ3) is 5.83. The fraction of sp³-hybridized carbons (Fsp3) is 0.500. The first-order chi connectivity index (χ1) is 9.17. The second-order valence-corrected chi connectivity index (χ2v) is 4.28. The highest BCUT2D eigenvalue weighted by atomic mass is 16.7. The quantitative estimate of drug-likeness (QED) is 0.679. The van der Waals surface area contributed by atoms with Crippen molar-refractivity contribution in [3.63, 3.8) is 0 Å². The van der Waals surface area contributed by atoms with Gasteiger partial charge in [0.2, 0.25) is 5.91 Å². The molecular formula is C14H22N2O3. The zero-order chi connectivity index (χ0) is 14.1. The van der Waals surface area contributed by atoms with Crippen LogP contribution in [-0.4, -0.2) is 39.0 Å². The third-order valence-corrected chi connectivity index (χ3v) is 2.89. The molecule has 1 unspecified atom stereocenters. The van der Waals surface area contributed by atoms with Gasteiger partial charge in [0.15, 0.2) is 6.29 Å². The number of hydrogen-bond donors (Lipinski definition) is 2. The van der Waals surface area contributed by atoms with E-state index in [1.807, 2.05) is 30.3 Å². The first-order valence-electron chi connectivity index (χ1n) is 6.30. The van der Waals surface area contributed by atoms with Crippen LogP contribution in [0.1, 0.15) is 12.0 Å². The van der Waals surface area contributed by atoms with E-state index in [1.165, 1.54) is 19.8 Å². The minimum absolute atomic E-state index is 0.185. The summed E-state index contributed by atoms with van der Waals surface area (Å²) in [6.45, 7) is 0.296. The molecule has 1 rings (SSSR count). The standard InChI is InChI=1S/C14H22N2O3/c1-18-13(19-2)10-16-14(17)12(15)9-8-11-6-4-3-5-7-11/h3-7,12-13H,8-10,15H2,1-2H3,(H,16,17). The number of hydrogen-bond acceptors (Lipinski definition) is 4. The molecule has 19 heavy (non-hydrogen) atoms. The van der Waals surface area contributed by atoms with Crippen LogP contribution in [0.5, 0.6) is 0 Å². The number of aryl methyl sites for hydroxylation is 1. The number of methoxy groups -OCH3 is 2. The summed E-state index contributed by atoms with van der Waals surface area (Å²) in [7, 11) is 3.05. The van der Waals surface area contributed by atoms with E-state index in [1.54, 1.807) is 0 Å². The molecule has 0 fully saturated rings. The Morgan fingerprint density at radius 2 is 1.89 bits per heavy atom. The lowest BCUT2D eigenvalue weighted by Crippen LogP contribution is -2.44. The molecule has 0 radical (unpaired) electrons. The zero-order valence-electron chi connectivity index (χ0n) is 11.5. The molecule has 5 nitrogen and oxygen atoms in total. The highest BCUT2D eigenvalue weighted by Crippen LogP contribution is 2.04. The fourth-order valence-corrected chi connectivity index (χ4v) is 1.68. The summed E-state index contributed by atoms with van der Waals surface area (Å²) in [5.74, 6) is -0.185. The van der Waals surface area contributed by atoms with Crippen molar-refractivity contribution in [3.05, 3.63) is 35.9 Å². The predicted octanol–water partition coefficient (Wildman–Crippen LogP) is 0.682. The lowest BCUT2D eigenvalue weighted by atomic mass is 10.1. The van der Waals surface area contributed by atoms with Gasteiger partial charge in [-0.25, -0.2) is 0 Å². The third-order valence-electron chi connectivity index (χ3n) is 2.89. The molecule has 3 N–H and O–H groups in total. The maximum atomic E-state index is 11.8. The second-order valence-electron chi connectivity index (χ2n) is 4.28. The second kappa shape index (κ2) is 8.63. The van der Waals surface area contributed by atoms with Crippen molar-refractivity contribution >= 4 is 5.91 Å². The molecule has 1 atom stereocenters. The van der Waals surface area contributed by atoms with Crippen molar-refractivity contribution in [2.45, 2.75) is 25.2 Å². The Bertz CT molecular complexity index is 366. The molecule has 0 saturated heterocycles. The van der Waals surface area contributed by atoms with Crippen molar-refractivity contribution in [3.8, 4) is 0 Å². The van der Waals surface area contributed by atoms with Crippen molar-refractivity contribution in [1.29, 1.82) is 0 Å². The van der Waals surface area contributed by atoms with Crippen LogP contribution < -0.4 is 11.1 Å². The first-order valence-corrected chi connectivity index (χ1v) is 6.30. The summed E-state index contributed by atoms with van der Waals surface area (Å²) in [5.41, 5.74) is 7.02. The van der Waals surface area contributed by atoms with E-state index in [0.717, 1.165) is 6.42 Å². The van der Waals surface area contributed by atoms with Crippen molar-refractivity contribution in [2.75, 3.05) is 20.8 Å². The summed E-state index contributed by atoms with van der Waals surface area (Å²) in [6, 6.07) is 9.44. The van der Waals surface area contributed by atoms with Gasteiger partial charge in [-0.1, -0.05) is 30.3 Å². The van der Waals surface area contributed by atoms with Gasteiger partial charge in [0.25, 0.3) is 0 Å². The number of carbonyl (C=O) groups excluding carboxylic acids is 1. The molecule has 1 amide bonds. The Labute approximate surface area is 114 Å². The van der Waals surface area contributed by atoms with Crippen LogP contribution in [0.3, 0.4) is 0 Å². The maximum absolute atomic E-state index is 11.8. The fourth-order valence-electron chi connectivity index (χ4n) is 1.68. The Balaban J connectivity index is 2.29. The van der Waals surface area contributed by atoms with Crippen LogP contribution in [-0.2, 0) is 20.7 Å². The molecule has 0 spiro atoms. The van der Waals surface area contributed by atoms with Gasteiger partial charge in [0.05, 0.1) is 12.6 Å². The van der Waals surface area contributed by atoms with Crippen LogP contribution >= 0.6 is 0 Å². The van der Waals surface area contributed by atoms with Crippen LogP contribution in [0, 0.1) is 0 Å². The van der Waals surface area contributed by atoms with Gasteiger partial charge < -0.3 is 20.5 Å². The van der Waals surface area contributed by atoms with Crippen LogP contribution in [0.2, 0.25) is 0 Å². The number of rotatable bonds is 8. The lowest BCUT2D eigenvalue weighted by molar-refractivity contribution is -0.128. The van der Waals surface area contributed by atoms with Gasteiger partial charge >= 0.3 is 0 Å². The van der Waals surface area contributed by atoms with Crippen LogP contribution in [0.4, 0.5) is 0 Å². The van der Waals surface area contributed by atoms with Crippen LogP contribution in [0.25, 0.3) is 0 Å². The van der Waals surface area contributed by atoms with Crippen molar-refractivity contribution in [1.82, 2.24) is 5.32 Å². The molecule has 106 valence electrons. The number of nitrogens with one attached hydrogen (secondary N) is 1. The minimum Gasteiger partial charge on any atom is -0.354 e. The molecule has 5 heteroatoms. The average molecular weight is 266 g/mol. The normalized spacial score (nSPS) is 12.4. The first kappa shape index (κ1) is 15.6. The van der Waals surface area contributed by atoms with Crippen LogP contribution in [0.15, 0.2) is 30.3 Å². The number of amides is 1. The van der Waals surface area contributed by atoms with Gasteiger partial charge in [0, 0.05) is 14.2 Å². The van der Waals surface area contributed by atoms with E-state index in [-0.39, 0.29) is 5.91 Å². The van der Waals surface area contributed by atoms with E-state index in [2.05, 4.69) is 5.32 Å². The molecule has 1 aromatic rings. The zero-order valence-corrected chi connectivity index (χ0v) is 11.5. The molecule has 0 heterocycles. The molecule has 0 aliphatic carbocycles. The van der Waals surface area contributed by atoms with E-state index in [0.29, 0.717) is 13.0 Å². The summed E-state index contributed by atoms with van der Waals surface area (Å²) >= 11 is 0. The highest BCUT2D eigenvalue weighted by Gasteiger charge is 2.15. The maximum Gasteiger partial charge on any atom is 0.237 e. The minimum atomic E-state index is -0.519. The smallest absolute Gasteiger partial charge is 0.237 e. The SMILES string of the molecule is COC(CNC(=O)C(N)CCc1ccccc1)OC. The molecule has 0 aliphatic rings. The summed E-state index contributed by atoms with van der Waals surface area (Å²) in [6.07, 6.45) is 0.957. The van der Waals surface area contributed by atoms with Gasteiger partial charge in [-0.05, 0) is 18.4 Å². The van der Waals surface area contributed by atoms with E-state index in [9.17, 15) is 4.79 Å². The Morgan fingerprint density at radius 1 is 1.26 bits per heavy atom. The molecular weight excluding hydrogens is 244 g/mol. The van der Waals surface area contributed by atoms with Gasteiger partial charge in [-0.2, -0.15) is 0 Å².